The third-order valence-electron chi connectivity index (χ3n) is 5.30. The van der Waals surface area contributed by atoms with E-state index in [1.807, 2.05) is 0 Å². The average molecular weight is 564 g/mol. The molecule has 1 heterocycles. The van der Waals surface area contributed by atoms with Crippen molar-refractivity contribution in [3.63, 3.8) is 0 Å². The largest absolute Gasteiger partial charge is 0.443 e. The highest BCUT2D eigenvalue weighted by Gasteiger charge is 2.57. The molecule has 12 nitrogen and oxygen atoms in total. The predicted octanol–water partition coefficient (Wildman–Crippen LogP) is 3.86. The van der Waals surface area contributed by atoms with Crippen LogP contribution in [0.2, 0.25) is 0 Å². The van der Waals surface area contributed by atoms with Crippen molar-refractivity contribution in [1.29, 1.82) is 0 Å². The molecule has 0 radical (unpaired) electrons. The zero-order valence-corrected chi connectivity index (χ0v) is 22.7. The molecule has 0 aliphatic carbocycles. The Bertz CT molecular complexity index is 1210. The molecule has 1 aliphatic heterocycles. The first kappa shape index (κ1) is 31.0. The van der Waals surface area contributed by atoms with Gasteiger partial charge in [0.15, 0.2) is 14.6 Å². The van der Waals surface area contributed by atoms with E-state index in [4.69, 9.17) is 9.47 Å². The van der Waals surface area contributed by atoms with E-state index in [0.29, 0.717) is 0 Å². The van der Waals surface area contributed by atoms with E-state index in [-0.39, 0.29) is 4.90 Å². The fraction of sp³-hybridized carbons (Fsp3) is 0.609. The summed E-state index contributed by atoms with van der Waals surface area (Å²) in [6.45, 7) is 6.10. The minimum absolute atomic E-state index is 0.116. The SMILES string of the molecule is CC(C)(C)OC(=O)N(C(=O)OC(C)(C)C)C1=NC(c2cc([N+](=O)[O-])ccc2F)CS(=O)(=O)C1(CF)CCO. The van der Waals surface area contributed by atoms with Crippen molar-refractivity contribution in [3.8, 4) is 0 Å². The molecule has 38 heavy (non-hydrogen) atoms. The monoisotopic (exact) mass is 563 g/mol. The number of halogens is 2. The minimum atomic E-state index is -4.75. The zero-order chi connectivity index (χ0) is 29.3. The van der Waals surface area contributed by atoms with Crippen molar-refractivity contribution >= 4 is 33.5 Å². The number of hydrogen-bond acceptors (Lipinski definition) is 10. The second-order valence-electron chi connectivity index (χ2n) is 10.6. The Morgan fingerprint density at radius 1 is 1.18 bits per heavy atom. The molecule has 0 saturated heterocycles. The number of sulfone groups is 1. The molecule has 1 aromatic carbocycles. The summed E-state index contributed by atoms with van der Waals surface area (Å²) in [5.74, 6) is -3.09. The third-order valence-corrected chi connectivity index (χ3v) is 7.74. The number of imide groups is 1. The Morgan fingerprint density at radius 3 is 2.13 bits per heavy atom. The standard InChI is InChI=1S/C23H31F2N3O9S/c1-21(2,3)36-19(30)27(20(31)37-22(4,5)6)18-23(13-24,9-10-29)38(34,35)12-17(26-18)15-11-14(28(32)33)7-8-16(15)25/h7-8,11,17,29H,9-10,12-13H2,1-6H3. The van der Waals surface area contributed by atoms with Crippen LogP contribution in [-0.2, 0) is 19.3 Å². The van der Waals surface area contributed by atoms with E-state index < -0.39 is 97.3 Å². The maximum atomic E-state index is 14.8. The first-order chi connectivity index (χ1) is 17.3. The summed E-state index contributed by atoms with van der Waals surface area (Å²) in [7, 11) is -4.75. The van der Waals surface area contributed by atoms with Crippen LogP contribution in [0.15, 0.2) is 23.2 Å². The van der Waals surface area contributed by atoms with Gasteiger partial charge in [0.1, 0.15) is 29.5 Å². The van der Waals surface area contributed by atoms with Crippen molar-refractivity contribution in [1.82, 2.24) is 4.90 Å². The lowest BCUT2D eigenvalue weighted by Crippen LogP contribution is -2.62. The minimum Gasteiger partial charge on any atom is -0.443 e. The number of amides is 2. The topological polar surface area (TPSA) is 166 Å². The molecular formula is C23H31F2N3O9S. The molecular weight excluding hydrogens is 532 g/mol. The van der Waals surface area contributed by atoms with Crippen molar-refractivity contribution in [2.45, 2.75) is 70.0 Å². The predicted molar refractivity (Wildman–Crippen MR) is 132 cm³/mol. The molecule has 1 N–H and O–H groups in total. The fourth-order valence-electron chi connectivity index (χ4n) is 3.65. The van der Waals surface area contributed by atoms with Crippen LogP contribution in [0.3, 0.4) is 0 Å². The number of aliphatic hydroxyl groups is 1. The fourth-order valence-corrected chi connectivity index (χ4v) is 5.63. The lowest BCUT2D eigenvalue weighted by Gasteiger charge is -2.40. The number of non-ortho nitro benzene ring substituents is 1. The highest BCUT2D eigenvalue weighted by molar-refractivity contribution is 7.93. The Morgan fingerprint density at radius 2 is 1.71 bits per heavy atom. The number of aliphatic imine (C=N–C) groups is 1. The van der Waals surface area contributed by atoms with Crippen LogP contribution in [0.4, 0.5) is 24.1 Å². The van der Waals surface area contributed by atoms with E-state index in [0.717, 1.165) is 18.2 Å². The smallest absolute Gasteiger partial charge is 0.425 e. The van der Waals surface area contributed by atoms with Gasteiger partial charge in [-0.05, 0) is 54.0 Å². The third kappa shape index (κ3) is 6.62. The van der Waals surface area contributed by atoms with Crippen LogP contribution in [0.25, 0.3) is 0 Å². The Balaban J connectivity index is 2.92. The molecule has 1 aromatic rings. The number of carbonyl (C=O) groups excluding carboxylic acids is 2. The number of carbonyl (C=O) groups is 2. The van der Waals surface area contributed by atoms with Crippen LogP contribution in [0, 0.1) is 15.9 Å². The molecule has 212 valence electrons. The van der Waals surface area contributed by atoms with Gasteiger partial charge in [-0.3, -0.25) is 15.1 Å². The molecule has 2 atom stereocenters. The molecule has 15 heteroatoms. The van der Waals surface area contributed by atoms with Gasteiger partial charge in [0.05, 0.1) is 16.7 Å². The molecule has 0 spiro atoms. The number of aliphatic hydroxyl groups excluding tert-OH is 1. The quantitative estimate of drug-likeness (QED) is 0.413. The number of nitro benzene ring substituents is 1. The van der Waals surface area contributed by atoms with Crippen molar-refractivity contribution < 1.29 is 46.3 Å². The number of benzene rings is 1. The van der Waals surface area contributed by atoms with E-state index >= 15 is 0 Å². The molecule has 0 aromatic heterocycles. The van der Waals surface area contributed by atoms with E-state index in [1.165, 1.54) is 41.5 Å². The Hall–Kier alpha value is -3.20. The number of hydrogen-bond donors (Lipinski definition) is 1. The van der Waals surface area contributed by atoms with Gasteiger partial charge in [-0.2, -0.15) is 4.90 Å². The van der Waals surface area contributed by atoms with Crippen LogP contribution in [-0.4, -0.2) is 76.4 Å². The lowest BCUT2D eigenvalue weighted by atomic mass is 10.0. The number of nitrogens with zero attached hydrogens (tertiary/aromatic N) is 3. The van der Waals surface area contributed by atoms with Gasteiger partial charge >= 0.3 is 12.2 Å². The summed E-state index contributed by atoms with van der Waals surface area (Å²) < 4.78 is 64.4. The summed E-state index contributed by atoms with van der Waals surface area (Å²) >= 11 is 0. The summed E-state index contributed by atoms with van der Waals surface area (Å²) in [6.07, 6.45) is -3.75. The first-order valence-corrected chi connectivity index (χ1v) is 13.1. The molecule has 0 saturated carbocycles. The molecule has 2 rings (SSSR count). The van der Waals surface area contributed by atoms with E-state index in [1.54, 1.807) is 0 Å². The van der Waals surface area contributed by atoms with Gasteiger partial charge in [-0.25, -0.2) is 26.8 Å². The van der Waals surface area contributed by atoms with E-state index in [9.17, 15) is 42.0 Å². The van der Waals surface area contributed by atoms with Crippen LogP contribution in [0.5, 0.6) is 0 Å². The molecule has 2 unspecified atom stereocenters. The Labute approximate surface area is 218 Å². The molecule has 1 aliphatic rings. The Kier molecular flexibility index (Phi) is 8.89. The highest BCUT2D eigenvalue weighted by atomic mass is 32.2. The van der Waals surface area contributed by atoms with Crippen molar-refractivity contribution in [2.24, 2.45) is 4.99 Å². The van der Waals surface area contributed by atoms with Crippen LogP contribution >= 0.6 is 0 Å². The van der Waals surface area contributed by atoms with Gasteiger partial charge in [0.2, 0.25) is 0 Å². The second-order valence-corrected chi connectivity index (χ2v) is 13.0. The highest BCUT2D eigenvalue weighted by Crippen LogP contribution is 2.39. The number of alkyl halides is 1. The summed E-state index contributed by atoms with van der Waals surface area (Å²) in [5, 5.41) is 20.9. The molecule has 0 bridgehead atoms. The van der Waals surface area contributed by atoms with Crippen LogP contribution < -0.4 is 0 Å². The van der Waals surface area contributed by atoms with E-state index in [2.05, 4.69) is 4.99 Å². The van der Waals surface area contributed by atoms with Gasteiger partial charge in [-0.1, -0.05) is 0 Å². The number of nitro groups is 1. The first-order valence-electron chi connectivity index (χ1n) is 11.5. The van der Waals surface area contributed by atoms with Gasteiger partial charge in [0.25, 0.3) is 5.69 Å². The molecule has 2 amide bonds. The zero-order valence-electron chi connectivity index (χ0n) is 21.9. The summed E-state index contributed by atoms with van der Waals surface area (Å²) in [5.41, 5.74) is -3.55. The second kappa shape index (κ2) is 10.9. The normalized spacial score (nSPS) is 21.3. The van der Waals surface area contributed by atoms with Gasteiger partial charge in [-0.15, -0.1) is 0 Å². The summed E-state index contributed by atoms with van der Waals surface area (Å²) in [6, 6.07) is 0.628. The maximum Gasteiger partial charge on any atom is 0.425 e. The number of ether oxygens (including phenoxy) is 2. The van der Waals surface area contributed by atoms with Gasteiger partial charge in [0, 0.05) is 24.3 Å². The van der Waals surface area contributed by atoms with Crippen LogP contribution in [0.1, 0.15) is 59.6 Å². The van der Waals surface area contributed by atoms with Crippen molar-refractivity contribution in [3.05, 3.63) is 39.7 Å². The van der Waals surface area contributed by atoms with Gasteiger partial charge < -0.3 is 14.6 Å². The number of rotatable bonds is 5. The maximum absolute atomic E-state index is 14.8. The average Bonchev–Trinajstić information content (AvgIpc) is 2.73. The van der Waals surface area contributed by atoms with Crippen molar-refractivity contribution in [2.75, 3.05) is 19.0 Å². The molecule has 0 fully saturated rings. The summed E-state index contributed by atoms with van der Waals surface area (Å²) in [4.78, 5) is 41.1. The lowest BCUT2D eigenvalue weighted by molar-refractivity contribution is -0.385. The number of amidine groups is 1.